The Morgan fingerprint density at radius 2 is 2.20 bits per heavy atom. The second kappa shape index (κ2) is 4.61. The van der Waals surface area contributed by atoms with Crippen LogP contribution in [-0.4, -0.2) is 12.3 Å². The molecular formula is C16H13FN2O. The van der Waals surface area contributed by atoms with Crippen LogP contribution in [0.1, 0.15) is 39.9 Å². The van der Waals surface area contributed by atoms with Gasteiger partial charge in [-0.3, -0.25) is 4.79 Å². The van der Waals surface area contributed by atoms with E-state index in [9.17, 15) is 14.4 Å². The molecule has 3 nitrogen and oxygen atoms in total. The molecule has 1 aromatic rings. The molecule has 2 aliphatic rings. The first-order chi connectivity index (χ1) is 9.72. The highest BCUT2D eigenvalue weighted by Crippen LogP contribution is 2.44. The number of hydrogen-bond donors (Lipinski definition) is 1. The maximum absolute atomic E-state index is 14.6. The Balaban J connectivity index is 2.35. The summed E-state index contributed by atoms with van der Waals surface area (Å²) in [5.74, 6) is -0.497. The Hall–Kier alpha value is -2.41. The van der Waals surface area contributed by atoms with E-state index in [0.717, 1.165) is 0 Å². The number of nitrogens with zero attached hydrogens (tertiary/aromatic N) is 1. The number of allylic oxidation sites excluding steroid dienone is 2. The zero-order valence-corrected chi connectivity index (χ0v) is 11.0. The van der Waals surface area contributed by atoms with Crippen LogP contribution in [0.3, 0.4) is 0 Å². The van der Waals surface area contributed by atoms with Crippen molar-refractivity contribution in [3.05, 3.63) is 52.4 Å². The summed E-state index contributed by atoms with van der Waals surface area (Å²) in [6.07, 6.45) is 8.62. The van der Waals surface area contributed by atoms with Gasteiger partial charge in [-0.1, -0.05) is 31.2 Å². The molecule has 2 atom stereocenters. The largest absolute Gasteiger partial charge is 0.375 e. The standard InChI is InChI=1S/C16H13FN2O/c1-2-9-12(8-20)11(7-18)14-10-5-3-4-6-13(10)19-16(14)15(9)17/h3-6,8,10,13,19H,2H2,1H3. The topological polar surface area (TPSA) is 52.9 Å². The Bertz CT molecular complexity index is 698. The number of carbonyl (C=O) groups excluding carboxylic acids is 1. The average molecular weight is 268 g/mol. The van der Waals surface area contributed by atoms with Gasteiger partial charge in [-0.05, 0) is 6.42 Å². The van der Waals surface area contributed by atoms with Crippen LogP contribution in [-0.2, 0) is 6.42 Å². The molecule has 0 radical (unpaired) electrons. The third-order valence-electron chi connectivity index (χ3n) is 3.98. The predicted molar refractivity (Wildman–Crippen MR) is 74.3 cm³/mol. The number of nitriles is 1. The molecular weight excluding hydrogens is 255 g/mol. The van der Waals surface area contributed by atoms with E-state index in [-0.39, 0.29) is 17.5 Å². The zero-order valence-electron chi connectivity index (χ0n) is 11.0. The number of anilines is 1. The van der Waals surface area contributed by atoms with Crippen molar-refractivity contribution < 1.29 is 9.18 Å². The molecule has 0 fully saturated rings. The average Bonchev–Trinajstić information content (AvgIpc) is 2.87. The van der Waals surface area contributed by atoms with E-state index in [1.165, 1.54) is 0 Å². The molecule has 3 rings (SSSR count). The minimum atomic E-state index is -0.403. The normalized spacial score (nSPS) is 21.9. The highest BCUT2D eigenvalue weighted by Gasteiger charge is 2.36. The van der Waals surface area contributed by atoms with Gasteiger partial charge in [0.15, 0.2) is 12.1 Å². The van der Waals surface area contributed by atoms with Crippen LogP contribution in [0.25, 0.3) is 0 Å². The van der Waals surface area contributed by atoms with Crippen LogP contribution in [0, 0.1) is 17.1 Å². The van der Waals surface area contributed by atoms with Crippen molar-refractivity contribution in [3.63, 3.8) is 0 Å². The fourth-order valence-electron chi connectivity index (χ4n) is 3.07. The van der Waals surface area contributed by atoms with Gasteiger partial charge in [0.05, 0.1) is 17.3 Å². The van der Waals surface area contributed by atoms with E-state index < -0.39 is 5.82 Å². The minimum absolute atomic E-state index is 0.0526. The molecule has 100 valence electrons. The SMILES string of the molecule is CCc1c(F)c2c(c(C#N)c1C=O)C1C=CC=CC1N2. The maximum atomic E-state index is 14.6. The Labute approximate surface area is 116 Å². The fourth-order valence-corrected chi connectivity index (χ4v) is 3.07. The molecule has 0 aromatic heterocycles. The van der Waals surface area contributed by atoms with E-state index in [2.05, 4.69) is 11.4 Å². The molecule has 0 saturated carbocycles. The van der Waals surface area contributed by atoms with E-state index in [1.54, 1.807) is 6.92 Å². The van der Waals surface area contributed by atoms with Crippen molar-refractivity contribution in [3.8, 4) is 6.07 Å². The molecule has 4 heteroatoms. The van der Waals surface area contributed by atoms with Gasteiger partial charge in [0, 0.05) is 22.6 Å². The monoisotopic (exact) mass is 268 g/mol. The van der Waals surface area contributed by atoms with Crippen molar-refractivity contribution in [1.29, 1.82) is 5.26 Å². The first kappa shape index (κ1) is 12.6. The Morgan fingerprint density at radius 1 is 1.45 bits per heavy atom. The second-order valence-corrected chi connectivity index (χ2v) is 4.92. The predicted octanol–water partition coefficient (Wildman–Crippen LogP) is 3.08. The van der Waals surface area contributed by atoms with E-state index in [1.807, 2.05) is 24.3 Å². The lowest BCUT2D eigenvalue weighted by molar-refractivity contribution is 0.112. The van der Waals surface area contributed by atoms with Gasteiger partial charge >= 0.3 is 0 Å². The number of benzene rings is 1. The van der Waals surface area contributed by atoms with Crippen LogP contribution >= 0.6 is 0 Å². The van der Waals surface area contributed by atoms with Gasteiger partial charge in [-0.25, -0.2) is 4.39 Å². The molecule has 0 saturated heterocycles. The number of hydrogen-bond acceptors (Lipinski definition) is 3. The van der Waals surface area contributed by atoms with Crippen LogP contribution < -0.4 is 5.32 Å². The molecule has 1 heterocycles. The van der Waals surface area contributed by atoms with Crippen LogP contribution in [0.2, 0.25) is 0 Å². The summed E-state index contributed by atoms with van der Waals surface area (Å²) >= 11 is 0. The molecule has 1 aliphatic heterocycles. The lowest BCUT2D eigenvalue weighted by atomic mass is 9.85. The lowest BCUT2D eigenvalue weighted by Crippen LogP contribution is -2.18. The summed E-state index contributed by atoms with van der Waals surface area (Å²) in [6.45, 7) is 1.78. The summed E-state index contributed by atoms with van der Waals surface area (Å²) in [6, 6.07) is 2.03. The molecule has 1 aliphatic carbocycles. The summed E-state index contributed by atoms with van der Waals surface area (Å²) < 4.78 is 14.6. The number of nitrogens with one attached hydrogen (secondary N) is 1. The van der Waals surface area contributed by atoms with Crippen molar-refractivity contribution >= 4 is 12.0 Å². The van der Waals surface area contributed by atoms with E-state index >= 15 is 0 Å². The maximum Gasteiger partial charge on any atom is 0.151 e. The van der Waals surface area contributed by atoms with Crippen molar-refractivity contribution in [2.45, 2.75) is 25.3 Å². The van der Waals surface area contributed by atoms with Gasteiger partial charge in [0.25, 0.3) is 0 Å². The Kier molecular flexibility index (Phi) is 2.90. The molecule has 0 bridgehead atoms. The van der Waals surface area contributed by atoms with Crippen molar-refractivity contribution in [1.82, 2.24) is 0 Å². The van der Waals surface area contributed by atoms with Crippen molar-refractivity contribution in [2.75, 3.05) is 5.32 Å². The summed E-state index contributed by atoms with van der Waals surface area (Å²) in [7, 11) is 0. The van der Waals surface area contributed by atoms with Gasteiger partial charge in [-0.2, -0.15) is 5.26 Å². The minimum Gasteiger partial charge on any atom is -0.375 e. The zero-order chi connectivity index (χ0) is 14.3. The molecule has 20 heavy (non-hydrogen) atoms. The number of fused-ring (bicyclic) bond motifs is 3. The third-order valence-corrected chi connectivity index (χ3v) is 3.98. The number of carbonyl (C=O) groups is 1. The van der Waals surface area contributed by atoms with Gasteiger partial charge in [0.2, 0.25) is 0 Å². The fraction of sp³-hybridized carbons (Fsp3) is 0.250. The molecule has 1 aromatic carbocycles. The van der Waals surface area contributed by atoms with Crippen LogP contribution in [0.5, 0.6) is 0 Å². The first-order valence-electron chi connectivity index (χ1n) is 6.57. The van der Waals surface area contributed by atoms with Gasteiger partial charge in [-0.15, -0.1) is 0 Å². The summed E-state index contributed by atoms with van der Waals surface area (Å²) in [5, 5.41) is 12.5. The molecule has 0 amide bonds. The number of halogens is 1. The highest BCUT2D eigenvalue weighted by atomic mass is 19.1. The number of rotatable bonds is 2. The highest BCUT2D eigenvalue weighted by molar-refractivity contribution is 5.87. The molecule has 1 N–H and O–H groups in total. The summed E-state index contributed by atoms with van der Waals surface area (Å²) in [5.41, 5.74) is 1.78. The smallest absolute Gasteiger partial charge is 0.151 e. The quantitative estimate of drug-likeness (QED) is 0.839. The number of aldehydes is 1. The lowest BCUT2D eigenvalue weighted by Gasteiger charge is -2.16. The van der Waals surface area contributed by atoms with Crippen LogP contribution in [0.15, 0.2) is 24.3 Å². The van der Waals surface area contributed by atoms with Gasteiger partial charge in [0.1, 0.15) is 6.07 Å². The summed E-state index contributed by atoms with van der Waals surface area (Å²) in [4.78, 5) is 11.3. The van der Waals surface area contributed by atoms with E-state index in [0.29, 0.717) is 35.1 Å². The molecule has 0 spiro atoms. The van der Waals surface area contributed by atoms with Crippen LogP contribution in [0.4, 0.5) is 10.1 Å². The third kappa shape index (κ3) is 1.53. The molecule has 2 unspecified atom stereocenters. The Morgan fingerprint density at radius 3 is 2.85 bits per heavy atom. The van der Waals surface area contributed by atoms with Gasteiger partial charge < -0.3 is 5.32 Å². The van der Waals surface area contributed by atoms with E-state index in [4.69, 9.17) is 0 Å². The second-order valence-electron chi connectivity index (χ2n) is 4.92. The van der Waals surface area contributed by atoms with Crippen molar-refractivity contribution in [2.24, 2.45) is 0 Å². The first-order valence-corrected chi connectivity index (χ1v) is 6.57.